The van der Waals surface area contributed by atoms with Gasteiger partial charge < -0.3 is 5.73 Å². The average Bonchev–Trinajstić information content (AvgIpc) is 2.43. The van der Waals surface area contributed by atoms with E-state index in [-0.39, 0.29) is 15.9 Å². The number of hydrogen-bond acceptors (Lipinski definition) is 3. The van der Waals surface area contributed by atoms with Crippen LogP contribution in [0.1, 0.15) is 11.1 Å². The monoisotopic (exact) mass is 372 g/mol. The van der Waals surface area contributed by atoms with Crippen molar-refractivity contribution in [2.45, 2.75) is 12.3 Å². The summed E-state index contributed by atoms with van der Waals surface area (Å²) >= 11 is 3.01. The van der Waals surface area contributed by atoms with E-state index in [0.717, 1.165) is 11.6 Å². The molecule has 0 bridgehead atoms. The zero-order valence-electron chi connectivity index (χ0n) is 11.0. The van der Waals surface area contributed by atoms with Crippen LogP contribution in [0, 0.1) is 5.82 Å². The van der Waals surface area contributed by atoms with E-state index in [1.807, 2.05) is 0 Å². The average molecular weight is 373 g/mol. The van der Waals surface area contributed by atoms with Crippen LogP contribution < -0.4 is 10.5 Å². The van der Waals surface area contributed by atoms with Gasteiger partial charge in [-0.05, 0) is 45.3 Å². The standard InChI is InChI=1S/C14H14BrFN2O2S/c15-13-6-5-12(7-14(13)16)18-21(19,20)9-11-3-1-10(8-17)2-4-11/h1-7,18H,8-9,17H2. The van der Waals surface area contributed by atoms with E-state index >= 15 is 0 Å². The molecule has 0 amide bonds. The van der Waals surface area contributed by atoms with Crippen molar-refractivity contribution < 1.29 is 12.8 Å². The quantitative estimate of drug-likeness (QED) is 0.847. The molecule has 7 heteroatoms. The molecule has 0 unspecified atom stereocenters. The van der Waals surface area contributed by atoms with Crippen molar-refractivity contribution in [3.05, 3.63) is 63.9 Å². The molecule has 21 heavy (non-hydrogen) atoms. The van der Waals surface area contributed by atoms with Gasteiger partial charge in [-0.1, -0.05) is 24.3 Å². The third kappa shape index (κ3) is 4.52. The van der Waals surface area contributed by atoms with Gasteiger partial charge in [0.15, 0.2) is 0 Å². The molecule has 3 N–H and O–H groups in total. The summed E-state index contributed by atoms with van der Waals surface area (Å²) in [5, 5.41) is 0. The molecule has 0 aliphatic heterocycles. The second-order valence-electron chi connectivity index (χ2n) is 4.51. The molecule has 0 saturated carbocycles. The van der Waals surface area contributed by atoms with Crippen LogP contribution in [0.15, 0.2) is 46.9 Å². The van der Waals surface area contributed by atoms with Crippen molar-refractivity contribution in [1.82, 2.24) is 0 Å². The second-order valence-corrected chi connectivity index (χ2v) is 7.09. The molecule has 0 heterocycles. The van der Waals surface area contributed by atoms with E-state index in [9.17, 15) is 12.8 Å². The molecule has 0 fully saturated rings. The molecule has 0 atom stereocenters. The van der Waals surface area contributed by atoms with Crippen LogP contribution in [-0.4, -0.2) is 8.42 Å². The summed E-state index contributed by atoms with van der Waals surface area (Å²) in [5.74, 6) is -0.710. The first-order valence-corrected chi connectivity index (χ1v) is 8.57. The van der Waals surface area contributed by atoms with Crippen LogP contribution in [0.5, 0.6) is 0 Å². The number of halogens is 2. The summed E-state index contributed by atoms with van der Waals surface area (Å²) in [7, 11) is -3.60. The molecule has 112 valence electrons. The minimum absolute atomic E-state index is 0.185. The van der Waals surface area contributed by atoms with Crippen LogP contribution in [-0.2, 0) is 22.3 Å². The molecular weight excluding hydrogens is 359 g/mol. The highest BCUT2D eigenvalue weighted by Crippen LogP contribution is 2.21. The first-order chi connectivity index (χ1) is 9.89. The van der Waals surface area contributed by atoms with E-state index < -0.39 is 15.8 Å². The summed E-state index contributed by atoms with van der Waals surface area (Å²) in [6, 6.07) is 11.0. The summed E-state index contributed by atoms with van der Waals surface area (Å²) in [6.45, 7) is 0.406. The molecule has 0 aromatic heterocycles. The van der Waals surface area contributed by atoms with Crippen LogP contribution in [0.4, 0.5) is 10.1 Å². The number of sulfonamides is 1. The van der Waals surface area contributed by atoms with Gasteiger partial charge in [-0.2, -0.15) is 0 Å². The Labute approximate surface area is 131 Å². The summed E-state index contributed by atoms with van der Waals surface area (Å²) in [5.41, 5.74) is 7.24. The lowest BCUT2D eigenvalue weighted by Crippen LogP contribution is -2.15. The van der Waals surface area contributed by atoms with Gasteiger partial charge in [0.1, 0.15) is 5.82 Å². The van der Waals surface area contributed by atoms with Gasteiger partial charge in [0.05, 0.1) is 15.9 Å². The fourth-order valence-electron chi connectivity index (χ4n) is 1.77. The van der Waals surface area contributed by atoms with E-state index in [0.29, 0.717) is 12.1 Å². The first kappa shape index (κ1) is 15.9. The maximum Gasteiger partial charge on any atom is 0.236 e. The highest BCUT2D eigenvalue weighted by atomic mass is 79.9. The Morgan fingerprint density at radius 1 is 1.10 bits per heavy atom. The molecule has 0 saturated heterocycles. The number of anilines is 1. The Morgan fingerprint density at radius 3 is 2.29 bits per heavy atom. The fourth-order valence-corrected chi connectivity index (χ4v) is 3.20. The maximum absolute atomic E-state index is 13.4. The van der Waals surface area contributed by atoms with E-state index in [2.05, 4.69) is 20.7 Å². The molecule has 2 rings (SSSR count). The number of rotatable bonds is 5. The second kappa shape index (κ2) is 6.55. The van der Waals surface area contributed by atoms with Crippen LogP contribution in [0.25, 0.3) is 0 Å². The molecular formula is C14H14BrFN2O2S. The van der Waals surface area contributed by atoms with Gasteiger partial charge in [-0.25, -0.2) is 12.8 Å². The summed E-state index contributed by atoms with van der Waals surface area (Å²) < 4.78 is 40.1. The number of nitrogens with two attached hydrogens (primary N) is 1. The summed E-state index contributed by atoms with van der Waals surface area (Å²) in [4.78, 5) is 0. The smallest absolute Gasteiger partial charge is 0.236 e. The Morgan fingerprint density at radius 2 is 1.71 bits per heavy atom. The maximum atomic E-state index is 13.4. The lowest BCUT2D eigenvalue weighted by Gasteiger charge is -2.09. The van der Waals surface area contributed by atoms with Crippen LogP contribution in [0.2, 0.25) is 0 Å². The Balaban J connectivity index is 2.12. The van der Waals surface area contributed by atoms with E-state index in [1.165, 1.54) is 12.1 Å². The molecule has 0 radical (unpaired) electrons. The van der Waals surface area contributed by atoms with Crippen LogP contribution in [0.3, 0.4) is 0 Å². The Kier molecular flexibility index (Phi) is 4.97. The Bertz CT molecular complexity index is 733. The highest BCUT2D eigenvalue weighted by Gasteiger charge is 2.12. The predicted octanol–water partition coefficient (Wildman–Crippen LogP) is 2.99. The molecule has 2 aromatic rings. The normalized spacial score (nSPS) is 11.4. The van der Waals surface area contributed by atoms with Gasteiger partial charge in [0.2, 0.25) is 10.0 Å². The SMILES string of the molecule is NCc1ccc(CS(=O)(=O)Nc2ccc(Br)c(F)c2)cc1. The molecule has 0 spiro atoms. The number of nitrogens with one attached hydrogen (secondary N) is 1. The minimum atomic E-state index is -3.60. The predicted molar refractivity (Wildman–Crippen MR) is 84.7 cm³/mol. The van der Waals surface area contributed by atoms with E-state index in [1.54, 1.807) is 24.3 Å². The van der Waals surface area contributed by atoms with Gasteiger partial charge in [-0.15, -0.1) is 0 Å². The van der Waals surface area contributed by atoms with Gasteiger partial charge in [0.25, 0.3) is 0 Å². The third-order valence-electron chi connectivity index (χ3n) is 2.81. The highest BCUT2D eigenvalue weighted by molar-refractivity contribution is 9.10. The topological polar surface area (TPSA) is 72.2 Å². The van der Waals surface area contributed by atoms with Crippen molar-refractivity contribution in [3.8, 4) is 0 Å². The van der Waals surface area contributed by atoms with Crippen molar-refractivity contribution >= 4 is 31.6 Å². The Hall–Kier alpha value is -1.44. The van der Waals surface area contributed by atoms with Crippen molar-refractivity contribution in [3.63, 3.8) is 0 Å². The molecule has 0 aliphatic rings. The minimum Gasteiger partial charge on any atom is -0.326 e. The molecule has 4 nitrogen and oxygen atoms in total. The van der Waals surface area contributed by atoms with Crippen LogP contribution >= 0.6 is 15.9 Å². The van der Waals surface area contributed by atoms with Crippen molar-refractivity contribution in [2.75, 3.05) is 4.72 Å². The molecule has 2 aromatic carbocycles. The lowest BCUT2D eigenvalue weighted by molar-refractivity contribution is 0.600. The largest absolute Gasteiger partial charge is 0.326 e. The first-order valence-electron chi connectivity index (χ1n) is 6.13. The fraction of sp³-hybridized carbons (Fsp3) is 0.143. The zero-order valence-corrected chi connectivity index (χ0v) is 13.4. The van der Waals surface area contributed by atoms with Gasteiger partial charge in [-0.3, -0.25) is 4.72 Å². The van der Waals surface area contributed by atoms with E-state index in [4.69, 9.17) is 5.73 Å². The van der Waals surface area contributed by atoms with Crippen molar-refractivity contribution in [2.24, 2.45) is 5.73 Å². The lowest BCUT2D eigenvalue weighted by atomic mass is 10.1. The van der Waals surface area contributed by atoms with Gasteiger partial charge >= 0.3 is 0 Å². The summed E-state index contributed by atoms with van der Waals surface area (Å²) in [6.07, 6.45) is 0. The van der Waals surface area contributed by atoms with Crippen molar-refractivity contribution in [1.29, 1.82) is 0 Å². The number of benzene rings is 2. The van der Waals surface area contributed by atoms with Gasteiger partial charge in [0, 0.05) is 6.54 Å². The zero-order chi connectivity index (χ0) is 15.5. The molecule has 0 aliphatic carbocycles. The number of hydrogen-bond donors (Lipinski definition) is 2. The third-order valence-corrected chi connectivity index (χ3v) is 4.71.